The van der Waals surface area contributed by atoms with Crippen LogP contribution in [0.4, 0.5) is 5.69 Å². The lowest BCUT2D eigenvalue weighted by atomic mass is 10.1. The molecule has 0 bridgehead atoms. The molecule has 5 heteroatoms. The summed E-state index contributed by atoms with van der Waals surface area (Å²) in [5, 5.41) is 0. The third-order valence-electron chi connectivity index (χ3n) is 3.36. The maximum atomic E-state index is 12.5. The van der Waals surface area contributed by atoms with Crippen molar-refractivity contribution in [1.82, 2.24) is 9.88 Å². The third kappa shape index (κ3) is 2.56. The van der Waals surface area contributed by atoms with Crippen molar-refractivity contribution in [2.24, 2.45) is 0 Å². The van der Waals surface area contributed by atoms with E-state index in [2.05, 4.69) is 18.8 Å². The van der Waals surface area contributed by atoms with Crippen LogP contribution in [0.1, 0.15) is 36.4 Å². The monoisotopic (exact) mass is 277 g/mol. The first-order valence-corrected chi connectivity index (χ1v) is 7.28. The van der Waals surface area contributed by atoms with Gasteiger partial charge in [-0.15, -0.1) is 11.3 Å². The SMILES string of the molecule is CCCC(C)N(C)C(=O)c1sc2cccnc2c1N. The number of fused-ring (bicyclic) bond motifs is 1. The van der Waals surface area contributed by atoms with Crippen molar-refractivity contribution in [2.45, 2.75) is 32.7 Å². The second-order valence-electron chi connectivity index (χ2n) is 4.75. The standard InChI is InChI=1S/C14H19N3OS/c1-4-6-9(2)17(3)14(18)13-11(15)12-10(19-13)7-5-8-16-12/h5,7-9H,4,6,15H2,1-3H3. The molecule has 19 heavy (non-hydrogen) atoms. The molecule has 2 heterocycles. The molecule has 0 aliphatic rings. The van der Waals surface area contributed by atoms with Gasteiger partial charge in [0.1, 0.15) is 10.4 Å². The van der Waals surface area contributed by atoms with Gasteiger partial charge in [0.15, 0.2) is 0 Å². The molecule has 0 saturated carbocycles. The van der Waals surface area contributed by atoms with Crippen LogP contribution in [0.15, 0.2) is 18.3 Å². The third-order valence-corrected chi connectivity index (χ3v) is 4.51. The first-order valence-electron chi connectivity index (χ1n) is 6.46. The second-order valence-corrected chi connectivity index (χ2v) is 5.80. The van der Waals surface area contributed by atoms with Gasteiger partial charge in [-0.2, -0.15) is 0 Å². The van der Waals surface area contributed by atoms with Crippen molar-refractivity contribution >= 4 is 33.1 Å². The van der Waals surface area contributed by atoms with E-state index in [1.54, 1.807) is 11.1 Å². The van der Waals surface area contributed by atoms with Gasteiger partial charge in [0.05, 0.1) is 10.4 Å². The van der Waals surface area contributed by atoms with Crippen LogP contribution in [-0.4, -0.2) is 28.9 Å². The number of amides is 1. The van der Waals surface area contributed by atoms with Crippen molar-refractivity contribution in [3.63, 3.8) is 0 Å². The topological polar surface area (TPSA) is 59.2 Å². The molecule has 2 aromatic rings. The van der Waals surface area contributed by atoms with E-state index in [0.717, 1.165) is 23.1 Å². The highest BCUT2D eigenvalue weighted by Crippen LogP contribution is 2.32. The molecule has 2 N–H and O–H groups in total. The molecule has 0 saturated heterocycles. The molecule has 0 aromatic carbocycles. The second kappa shape index (κ2) is 5.57. The molecular weight excluding hydrogens is 258 g/mol. The van der Waals surface area contributed by atoms with Crippen molar-refractivity contribution < 1.29 is 4.79 Å². The Morgan fingerprint density at radius 3 is 2.95 bits per heavy atom. The van der Waals surface area contributed by atoms with Crippen molar-refractivity contribution in [2.75, 3.05) is 12.8 Å². The Morgan fingerprint density at radius 1 is 1.58 bits per heavy atom. The Balaban J connectivity index is 2.33. The number of hydrogen-bond acceptors (Lipinski definition) is 4. The lowest BCUT2D eigenvalue weighted by molar-refractivity contribution is 0.0742. The molecule has 2 aromatic heterocycles. The normalized spacial score (nSPS) is 12.6. The Bertz CT molecular complexity index is 593. The zero-order valence-corrected chi connectivity index (χ0v) is 12.3. The van der Waals surface area contributed by atoms with E-state index in [1.165, 1.54) is 11.3 Å². The Morgan fingerprint density at radius 2 is 2.32 bits per heavy atom. The van der Waals surface area contributed by atoms with E-state index in [1.807, 2.05) is 19.2 Å². The maximum absolute atomic E-state index is 12.5. The number of rotatable bonds is 4. The molecule has 4 nitrogen and oxygen atoms in total. The Labute approximate surface area is 117 Å². The number of nitrogens with two attached hydrogens (primary N) is 1. The van der Waals surface area contributed by atoms with Crippen LogP contribution in [0.25, 0.3) is 10.2 Å². The van der Waals surface area contributed by atoms with Crippen LogP contribution in [-0.2, 0) is 0 Å². The highest BCUT2D eigenvalue weighted by molar-refractivity contribution is 7.21. The Hall–Kier alpha value is -1.62. The molecule has 0 fully saturated rings. The number of thiophene rings is 1. The zero-order valence-electron chi connectivity index (χ0n) is 11.5. The summed E-state index contributed by atoms with van der Waals surface area (Å²) in [6.07, 6.45) is 3.75. The zero-order chi connectivity index (χ0) is 14.0. The summed E-state index contributed by atoms with van der Waals surface area (Å²) in [4.78, 5) is 19.1. The van der Waals surface area contributed by atoms with E-state index in [4.69, 9.17) is 5.73 Å². The van der Waals surface area contributed by atoms with Gasteiger partial charge in [-0.05, 0) is 25.5 Å². The van der Waals surface area contributed by atoms with Crippen molar-refractivity contribution in [3.05, 3.63) is 23.2 Å². The summed E-state index contributed by atoms with van der Waals surface area (Å²) in [5.74, 6) is -0.0125. The predicted octanol–water partition coefficient (Wildman–Crippen LogP) is 3.14. The van der Waals surface area contributed by atoms with Gasteiger partial charge in [-0.1, -0.05) is 13.3 Å². The van der Waals surface area contributed by atoms with Crippen molar-refractivity contribution in [1.29, 1.82) is 0 Å². The fraction of sp³-hybridized carbons (Fsp3) is 0.429. The quantitative estimate of drug-likeness (QED) is 0.934. The van der Waals surface area contributed by atoms with Gasteiger partial charge < -0.3 is 10.6 Å². The number of pyridine rings is 1. The number of nitrogens with zero attached hydrogens (tertiary/aromatic N) is 2. The first kappa shape index (κ1) is 13.8. The van der Waals surface area contributed by atoms with Crippen LogP contribution < -0.4 is 5.73 Å². The average molecular weight is 277 g/mol. The molecule has 1 amide bonds. The number of carbonyl (C=O) groups is 1. The minimum absolute atomic E-state index is 0.0125. The summed E-state index contributed by atoms with van der Waals surface area (Å²) < 4.78 is 0.958. The molecule has 2 rings (SSSR count). The summed E-state index contributed by atoms with van der Waals surface area (Å²) >= 11 is 1.42. The van der Waals surface area contributed by atoms with Crippen LogP contribution in [0.3, 0.4) is 0 Å². The smallest absolute Gasteiger partial charge is 0.266 e. The number of hydrogen-bond donors (Lipinski definition) is 1. The summed E-state index contributed by atoms with van der Waals surface area (Å²) in [6, 6.07) is 4.01. The number of carbonyl (C=O) groups excluding carboxylic acids is 1. The highest BCUT2D eigenvalue weighted by atomic mass is 32.1. The number of anilines is 1. The predicted molar refractivity (Wildman–Crippen MR) is 80.5 cm³/mol. The molecular formula is C14H19N3OS. The van der Waals surface area contributed by atoms with Crippen LogP contribution >= 0.6 is 11.3 Å². The van der Waals surface area contributed by atoms with E-state index in [9.17, 15) is 4.79 Å². The largest absolute Gasteiger partial charge is 0.396 e. The first-order chi connectivity index (χ1) is 9.06. The fourth-order valence-corrected chi connectivity index (χ4v) is 3.14. The van der Waals surface area contributed by atoms with Gasteiger partial charge in [0, 0.05) is 19.3 Å². The van der Waals surface area contributed by atoms with E-state index in [-0.39, 0.29) is 11.9 Å². The van der Waals surface area contributed by atoms with Gasteiger partial charge >= 0.3 is 0 Å². The number of aromatic nitrogens is 1. The van der Waals surface area contributed by atoms with Gasteiger partial charge in [0.2, 0.25) is 0 Å². The molecule has 0 aliphatic heterocycles. The molecule has 0 aliphatic carbocycles. The summed E-state index contributed by atoms with van der Waals surface area (Å²) in [6.45, 7) is 4.18. The molecule has 0 spiro atoms. The minimum Gasteiger partial charge on any atom is -0.396 e. The van der Waals surface area contributed by atoms with Crippen LogP contribution in [0.5, 0.6) is 0 Å². The van der Waals surface area contributed by atoms with Crippen LogP contribution in [0.2, 0.25) is 0 Å². The molecule has 1 unspecified atom stereocenters. The molecule has 0 radical (unpaired) electrons. The van der Waals surface area contributed by atoms with Gasteiger partial charge in [-0.25, -0.2) is 0 Å². The minimum atomic E-state index is -0.0125. The fourth-order valence-electron chi connectivity index (χ4n) is 2.08. The van der Waals surface area contributed by atoms with Gasteiger partial charge in [0.25, 0.3) is 5.91 Å². The summed E-state index contributed by atoms with van der Waals surface area (Å²) in [7, 11) is 1.83. The number of nitrogen functional groups attached to an aromatic ring is 1. The molecule has 1 atom stereocenters. The maximum Gasteiger partial charge on any atom is 0.266 e. The van der Waals surface area contributed by atoms with E-state index < -0.39 is 0 Å². The highest BCUT2D eigenvalue weighted by Gasteiger charge is 2.22. The lowest BCUT2D eigenvalue weighted by Crippen LogP contribution is -2.34. The van der Waals surface area contributed by atoms with Crippen molar-refractivity contribution in [3.8, 4) is 0 Å². The van der Waals surface area contributed by atoms with E-state index >= 15 is 0 Å². The van der Waals surface area contributed by atoms with E-state index in [0.29, 0.717) is 10.6 Å². The Kier molecular flexibility index (Phi) is 4.04. The summed E-state index contributed by atoms with van der Waals surface area (Å²) in [5.41, 5.74) is 7.28. The lowest BCUT2D eigenvalue weighted by Gasteiger charge is -2.24. The average Bonchev–Trinajstić information content (AvgIpc) is 2.75. The van der Waals surface area contributed by atoms with Gasteiger partial charge in [-0.3, -0.25) is 9.78 Å². The molecule has 102 valence electrons. The van der Waals surface area contributed by atoms with Crippen LogP contribution in [0, 0.1) is 0 Å².